The molecular formula is C14H17Cl2N3O. The van der Waals surface area contributed by atoms with Crippen molar-refractivity contribution in [2.24, 2.45) is 5.92 Å². The molecule has 0 saturated heterocycles. The van der Waals surface area contributed by atoms with Gasteiger partial charge in [-0.2, -0.15) is 5.10 Å². The molecule has 0 radical (unpaired) electrons. The molecule has 1 aromatic heterocycles. The van der Waals surface area contributed by atoms with Gasteiger partial charge in [-0.3, -0.25) is 0 Å². The van der Waals surface area contributed by atoms with Crippen molar-refractivity contribution in [3.63, 3.8) is 0 Å². The lowest BCUT2D eigenvalue weighted by Gasteiger charge is -2.13. The van der Waals surface area contributed by atoms with Crippen molar-refractivity contribution >= 4 is 23.2 Å². The normalized spacial score (nSPS) is 12.9. The number of hydrogen-bond acceptors (Lipinski definition) is 3. The monoisotopic (exact) mass is 313 g/mol. The number of benzene rings is 1. The molecule has 108 valence electrons. The van der Waals surface area contributed by atoms with E-state index in [9.17, 15) is 5.11 Å². The predicted octanol–water partition coefficient (Wildman–Crippen LogP) is 3.52. The van der Waals surface area contributed by atoms with Gasteiger partial charge in [0.05, 0.1) is 6.10 Å². The third-order valence-corrected chi connectivity index (χ3v) is 3.32. The Balaban J connectivity index is 2.15. The van der Waals surface area contributed by atoms with Crippen molar-refractivity contribution in [1.82, 2.24) is 14.8 Å². The molecule has 1 atom stereocenters. The van der Waals surface area contributed by atoms with Crippen LogP contribution in [0.5, 0.6) is 0 Å². The van der Waals surface area contributed by atoms with E-state index in [1.165, 1.54) is 6.33 Å². The van der Waals surface area contributed by atoms with Crippen LogP contribution in [0.1, 0.15) is 31.3 Å². The molecule has 0 spiro atoms. The highest BCUT2D eigenvalue weighted by Gasteiger charge is 2.15. The van der Waals surface area contributed by atoms with E-state index in [4.69, 9.17) is 23.2 Å². The molecule has 2 aromatic rings. The number of aliphatic hydroxyl groups is 1. The van der Waals surface area contributed by atoms with Gasteiger partial charge < -0.3 is 5.11 Å². The van der Waals surface area contributed by atoms with Crippen molar-refractivity contribution in [2.75, 3.05) is 0 Å². The van der Waals surface area contributed by atoms with Gasteiger partial charge in [0.25, 0.3) is 0 Å². The molecule has 0 aliphatic rings. The second kappa shape index (κ2) is 6.57. The maximum atomic E-state index is 10.3. The molecule has 0 aliphatic carbocycles. The van der Waals surface area contributed by atoms with Gasteiger partial charge in [0, 0.05) is 23.0 Å². The Labute approximate surface area is 128 Å². The lowest BCUT2D eigenvalue weighted by Crippen LogP contribution is -2.13. The minimum atomic E-state index is -0.707. The molecule has 1 N–H and O–H groups in total. The molecule has 1 aromatic carbocycles. The lowest BCUT2D eigenvalue weighted by molar-refractivity contribution is 0.173. The number of rotatable bonds is 5. The van der Waals surface area contributed by atoms with Gasteiger partial charge in [-0.1, -0.05) is 37.0 Å². The zero-order chi connectivity index (χ0) is 14.7. The van der Waals surface area contributed by atoms with Crippen LogP contribution < -0.4 is 0 Å². The Hall–Kier alpha value is -1.10. The number of nitrogens with zero attached hydrogens (tertiary/aromatic N) is 3. The topological polar surface area (TPSA) is 50.9 Å². The molecule has 20 heavy (non-hydrogen) atoms. The molecule has 0 aliphatic heterocycles. The van der Waals surface area contributed by atoms with Crippen LogP contribution in [-0.2, 0) is 13.0 Å². The fourth-order valence-corrected chi connectivity index (χ4v) is 2.55. The fourth-order valence-electron chi connectivity index (χ4n) is 2.00. The first-order chi connectivity index (χ1) is 9.45. The zero-order valence-electron chi connectivity index (χ0n) is 11.4. The summed E-state index contributed by atoms with van der Waals surface area (Å²) in [6.07, 6.45) is 1.18. The summed E-state index contributed by atoms with van der Waals surface area (Å²) in [5.74, 6) is 1.22. The second-order valence-corrected chi connectivity index (χ2v) is 6.05. The predicted molar refractivity (Wildman–Crippen MR) is 80.0 cm³/mol. The van der Waals surface area contributed by atoms with Crippen LogP contribution in [0, 0.1) is 5.92 Å². The number of aliphatic hydroxyl groups excluding tert-OH is 1. The summed E-state index contributed by atoms with van der Waals surface area (Å²) < 4.78 is 1.82. The van der Waals surface area contributed by atoms with Crippen molar-refractivity contribution < 1.29 is 5.11 Å². The first-order valence-corrected chi connectivity index (χ1v) is 7.22. The highest BCUT2D eigenvalue weighted by Crippen LogP contribution is 2.25. The molecule has 6 heteroatoms. The van der Waals surface area contributed by atoms with E-state index in [2.05, 4.69) is 23.9 Å². The van der Waals surface area contributed by atoms with Gasteiger partial charge in [-0.25, -0.2) is 9.67 Å². The van der Waals surface area contributed by atoms with Crippen molar-refractivity contribution in [3.8, 4) is 0 Å². The number of halogens is 2. The Morgan fingerprint density at radius 3 is 2.45 bits per heavy atom. The third-order valence-electron chi connectivity index (χ3n) is 2.88. The summed E-state index contributed by atoms with van der Waals surface area (Å²) in [7, 11) is 0. The molecule has 1 unspecified atom stereocenters. The van der Waals surface area contributed by atoms with Crippen LogP contribution in [0.3, 0.4) is 0 Å². The van der Waals surface area contributed by atoms with Gasteiger partial charge in [0.2, 0.25) is 0 Å². The molecule has 0 fully saturated rings. The highest BCUT2D eigenvalue weighted by atomic mass is 35.5. The van der Waals surface area contributed by atoms with Gasteiger partial charge in [0.15, 0.2) is 0 Å². The molecule has 2 rings (SSSR count). The van der Waals surface area contributed by atoms with E-state index in [1.54, 1.807) is 18.2 Å². The van der Waals surface area contributed by atoms with E-state index >= 15 is 0 Å². The van der Waals surface area contributed by atoms with E-state index in [1.807, 2.05) is 4.68 Å². The Kier molecular flexibility index (Phi) is 5.02. The Morgan fingerprint density at radius 1 is 1.20 bits per heavy atom. The SMILES string of the molecule is CC(C)Cn1ncnc1CC(O)c1cc(Cl)cc(Cl)c1. The summed E-state index contributed by atoms with van der Waals surface area (Å²) in [6.45, 7) is 5.00. The smallest absolute Gasteiger partial charge is 0.138 e. The molecule has 4 nitrogen and oxygen atoms in total. The van der Waals surface area contributed by atoms with Gasteiger partial charge >= 0.3 is 0 Å². The Morgan fingerprint density at radius 2 is 1.85 bits per heavy atom. The largest absolute Gasteiger partial charge is 0.388 e. The lowest BCUT2D eigenvalue weighted by atomic mass is 10.1. The standard InChI is InChI=1S/C14H17Cl2N3O/c1-9(2)7-19-14(17-8-18-19)6-13(20)10-3-11(15)5-12(16)4-10/h3-5,8-9,13,20H,6-7H2,1-2H3. The number of aromatic nitrogens is 3. The second-order valence-electron chi connectivity index (χ2n) is 5.17. The summed E-state index contributed by atoms with van der Waals surface area (Å²) in [6, 6.07) is 5.06. The quantitative estimate of drug-likeness (QED) is 0.919. The van der Waals surface area contributed by atoms with Crippen molar-refractivity contribution in [1.29, 1.82) is 0 Å². The van der Waals surface area contributed by atoms with E-state index < -0.39 is 6.10 Å². The minimum Gasteiger partial charge on any atom is -0.388 e. The first-order valence-electron chi connectivity index (χ1n) is 6.46. The van der Waals surface area contributed by atoms with Crippen LogP contribution in [0.25, 0.3) is 0 Å². The summed E-state index contributed by atoms with van der Waals surface area (Å²) in [5, 5.41) is 15.5. The first kappa shape index (κ1) is 15.3. The van der Waals surface area contributed by atoms with Gasteiger partial charge in [-0.05, 0) is 29.7 Å². The fraction of sp³-hybridized carbons (Fsp3) is 0.429. The number of hydrogen-bond donors (Lipinski definition) is 1. The van der Waals surface area contributed by atoms with Crippen LogP contribution in [0.15, 0.2) is 24.5 Å². The van der Waals surface area contributed by atoms with Gasteiger partial charge in [-0.15, -0.1) is 0 Å². The molecule has 0 saturated carbocycles. The molecule has 0 amide bonds. The molecular weight excluding hydrogens is 297 g/mol. The van der Waals surface area contributed by atoms with Crippen molar-refractivity contribution in [3.05, 3.63) is 46.0 Å². The summed E-state index contributed by atoms with van der Waals surface area (Å²) in [5.41, 5.74) is 0.682. The van der Waals surface area contributed by atoms with Crippen molar-refractivity contribution in [2.45, 2.75) is 32.9 Å². The van der Waals surface area contributed by atoms with E-state index in [-0.39, 0.29) is 0 Å². The molecule has 1 heterocycles. The van der Waals surface area contributed by atoms with E-state index in [0.717, 1.165) is 12.4 Å². The van der Waals surface area contributed by atoms with Crippen LogP contribution in [-0.4, -0.2) is 19.9 Å². The maximum absolute atomic E-state index is 10.3. The van der Waals surface area contributed by atoms with Gasteiger partial charge in [0.1, 0.15) is 12.2 Å². The minimum absolute atomic E-state index is 0.378. The average molecular weight is 314 g/mol. The maximum Gasteiger partial charge on any atom is 0.138 e. The highest BCUT2D eigenvalue weighted by molar-refractivity contribution is 6.34. The third kappa shape index (κ3) is 3.95. The van der Waals surface area contributed by atoms with Crippen LogP contribution in [0.4, 0.5) is 0 Å². The van der Waals surface area contributed by atoms with E-state index in [0.29, 0.717) is 27.9 Å². The average Bonchev–Trinajstić information content (AvgIpc) is 2.74. The van der Waals surface area contributed by atoms with Crippen LogP contribution in [0.2, 0.25) is 10.0 Å². The zero-order valence-corrected chi connectivity index (χ0v) is 12.9. The summed E-state index contributed by atoms with van der Waals surface area (Å²) >= 11 is 11.9. The summed E-state index contributed by atoms with van der Waals surface area (Å²) in [4.78, 5) is 4.21. The Bertz CT molecular complexity index is 563. The van der Waals surface area contributed by atoms with Crippen LogP contribution >= 0.6 is 23.2 Å². The molecule has 0 bridgehead atoms.